The highest BCUT2D eigenvalue weighted by Gasteiger charge is 2.10. The van der Waals surface area contributed by atoms with Crippen LogP contribution in [-0.2, 0) is 0 Å². The average Bonchev–Trinajstić information content (AvgIpc) is 2.54. The largest absolute Gasteiger partial charge is 0.496 e. The van der Waals surface area contributed by atoms with E-state index in [-0.39, 0.29) is 17.6 Å². The zero-order valence-corrected chi connectivity index (χ0v) is 15.2. The van der Waals surface area contributed by atoms with E-state index >= 15 is 0 Å². The molecule has 4 heteroatoms. The number of hydrogen-bond donors (Lipinski definition) is 0. The predicted octanol–water partition coefficient (Wildman–Crippen LogP) is 5.92. The Balaban J connectivity index is 0.000000240. The number of halogens is 2. The highest BCUT2D eigenvalue weighted by atomic mass is 19.1. The van der Waals surface area contributed by atoms with Gasteiger partial charge in [-0.1, -0.05) is 45.9 Å². The molecule has 24 heavy (non-hydrogen) atoms. The van der Waals surface area contributed by atoms with Gasteiger partial charge in [-0.2, -0.15) is 0 Å². The van der Waals surface area contributed by atoms with Crippen LogP contribution >= 0.6 is 0 Å². The first-order chi connectivity index (χ1) is 11.3. The second kappa shape index (κ2) is 9.26. The summed E-state index contributed by atoms with van der Waals surface area (Å²) in [6.45, 7) is 8.13. The molecule has 0 amide bonds. The summed E-state index contributed by atoms with van der Waals surface area (Å²) >= 11 is 0. The van der Waals surface area contributed by atoms with Gasteiger partial charge in [0.25, 0.3) is 0 Å². The Bertz CT molecular complexity index is 652. The zero-order chi connectivity index (χ0) is 18.3. The van der Waals surface area contributed by atoms with Gasteiger partial charge in [-0.05, 0) is 35.1 Å². The fourth-order valence-corrected chi connectivity index (χ4v) is 2.36. The third-order valence-corrected chi connectivity index (χ3v) is 3.64. The van der Waals surface area contributed by atoms with Crippen molar-refractivity contribution >= 4 is 0 Å². The fraction of sp³-hybridized carbons (Fsp3) is 0.400. The summed E-state index contributed by atoms with van der Waals surface area (Å²) < 4.78 is 35.8. The summed E-state index contributed by atoms with van der Waals surface area (Å²) in [6.07, 6.45) is 0. The molecular weight excluding hydrogens is 310 g/mol. The highest BCUT2D eigenvalue weighted by molar-refractivity contribution is 5.37. The molecule has 2 rings (SSSR count). The van der Waals surface area contributed by atoms with Gasteiger partial charge in [0.2, 0.25) is 0 Å². The molecule has 2 nitrogen and oxygen atoms in total. The first kappa shape index (κ1) is 19.9. The lowest BCUT2D eigenvalue weighted by Gasteiger charge is -2.11. The number of benzene rings is 2. The number of hydrogen-bond acceptors (Lipinski definition) is 2. The van der Waals surface area contributed by atoms with Gasteiger partial charge in [0, 0.05) is 6.07 Å². The SMILES string of the molecule is COc1c(F)cccc1C(C)C.COc1cc(F)ccc1C(C)C. The summed E-state index contributed by atoms with van der Waals surface area (Å²) in [7, 11) is 3.05. The van der Waals surface area contributed by atoms with Crippen LogP contribution in [0, 0.1) is 11.6 Å². The molecule has 0 radical (unpaired) electrons. The molecule has 0 saturated carbocycles. The Morgan fingerprint density at radius 2 is 1.42 bits per heavy atom. The van der Waals surface area contributed by atoms with Crippen molar-refractivity contribution in [2.24, 2.45) is 0 Å². The zero-order valence-electron chi connectivity index (χ0n) is 15.2. The van der Waals surface area contributed by atoms with Crippen molar-refractivity contribution in [1.29, 1.82) is 0 Å². The quantitative estimate of drug-likeness (QED) is 0.690. The van der Waals surface area contributed by atoms with Crippen LogP contribution in [0.2, 0.25) is 0 Å². The molecular formula is C20H26F2O2. The fourth-order valence-electron chi connectivity index (χ4n) is 2.36. The molecule has 2 aromatic rings. The minimum atomic E-state index is -0.288. The van der Waals surface area contributed by atoms with Crippen LogP contribution in [0.4, 0.5) is 8.78 Å². The van der Waals surface area contributed by atoms with Crippen LogP contribution in [0.3, 0.4) is 0 Å². The van der Waals surface area contributed by atoms with Crippen molar-refractivity contribution in [1.82, 2.24) is 0 Å². The monoisotopic (exact) mass is 336 g/mol. The van der Waals surface area contributed by atoms with Crippen LogP contribution in [0.1, 0.15) is 50.7 Å². The molecule has 0 atom stereocenters. The summed E-state index contributed by atoms with van der Waals surface area (Å²) in [5.74, 6) is 1.11. The van der Waals surface area contributed by atoms with Crippen LogP contribution in [-0.4, -0.2) is 14.2 Å². The Labute approximate surface area is 143 Å². The first-order valence-corrected chi connectivity index (χ1v) is 7.97. The summed E-state index contributed by atoms with van der Waals surface area (Å²) in [4.78, 5) is 0. The van der Waals surface area contributed by atoms with Crippen LogP contribution in [0.5, 0.6) is 11.5 Å². The number of ether oxygens (including phenoxy) is 2. The lowest BCUT2D eigenvalue weighted by atomic mass is 10.0. The Morgan fingerprint density at radius 1 is 0.792 bits per heavy atom. The standard InChI is InChI=1S/2C10H13FO/c1-7(2)9-5-4-8(11)6-10(9)12-3;1-7(2)8-5-4-6-9(11)10(8)12-3/h2*4-7H,1-3H3. The van der Waals surface area contributed by atoms with Crippen molar-refractivity contribution < 1.29 is 18.3 Å². The normalized spacial score (nSPS) is 10.4. The van der Waals surface area contributed by atoms with E-state index in [9.17, 15) is 8.78 Å². The molecule has 0 spiro atoms. The van der Waals surface area contributed by atoms with Crippen LogP contribution < -0.4 is 9.47 Å². The van der Waals surface area contributed by atoms with Crippen molar-refractivity contribution in [2.45, 2.75) is 39.5 Å². The van der Waals surface area contributed by atoms with Crippen molar-refractivity contribution in [3.05, 3.63) is 59.2 Å². The van der Waals surface area contributed by atoms with E-state index in [0.29, 0.717) is 17.4 Å². The first-order valence-electron chi connectivity index (χ1n) is 7.97. The molecule has 2 aromatic carbocycles. The molecule has 0 fully saturated rings. The highest BCUT2D eigenvalue weighted by Crippen LogP contribution is 2.28. The maximum atomic E-state index is 13.1. The minimum Gasteiger partial charge on any atom is -0.496 e. The number of methoxy groups -OCH3 is 2. The van der Waals surface area contributed by atoms with E-state index in [1.807, 2.05) is 19.9 Å². The molecule has 0 bridgehead atoms. The van der Waals surface area contributed by atoms with Gasteiger partial charge >= 0.3 is 0 Å². The number of rotatable bonds is 4. The predicted molar refractivity (Wildman–Crippen MR) is 94.1 cm³/mol. The summed E-state index contributed by atoms with van der Waals surface area (Å²) in [5, 5.41) is 0. The van der Waals surface area contributed by atoms with E-state index in [2.05, 4.69) is 13.8 Å². The van der Waals surface area contributed by atoms with E-state index in [1.165, 1.54) is 25.3 Å². The summed E-state index contributed by atoms with van der Waals surface area (Å²) in [5.41, 5.74) is 1.96. The summed E-state index contributed by atoms with van der Waals surface area (Å²) in [6, 6.07) is 9.62. The maximum Gasteiger partial charge on any atom is 0.165 e. The molecule has 0 saturated heterocycles. The second-order valence-corrected chi connectivity index (χ2v) is 6.06. The molecule has 0 aromatic heterocycles. The Kier molecular flexibility index (Phi) is 7.69. The van der Waals surface area contributed by atoms with E-state index in [0.717, 1.165) is 11.1 Å². The maximum absolute atomic E-state index is 13.1. The molecule has 0 heterocycles. The Hall–Kier alpha value is -2.10. The molecule has 0 N–H and O–H groups in total. The average molecular weight is 336 g/mol. The van der Waals surface area contributed by atoms with Crippen molar-refractivity contribution in [2.75, 3.05) is 14.2 Å². The van der Waals surface area contributed by atoms with Gasteiger partial charge in [0.1, 0.15) is 11.6 Å². The lowest BCUT2D eigenvalue weighted by molar-refractivity contribution is 0.379. The molecule has 0 unspecified atom stereocenters. The van der Waals surface area contributed by atoms with Crippen LogP contribution in [0.25, 0.3) is 0 Å². The number of para-hydroxylation sites is 1. The smallest absolute Gasteiger partial charge is 0.165 e. The lowest BCUT2D eigenvalue weighted by Crippen LogP contribution is -1.96. The third-order valence-electron chi connectivity index (χ3n) is 3.64. The van der Waals surface area contributed by atoms with Gasteiger partial charge in [-0.3, -0.25) is 0 Å². The third kappa shape index (κ3) is 5.22. The molecule has 132 valence electrons. The molecule has 0 aliphatic carbocycles. The van der Waals surface area contributed by atoms with Crippen molar-refractivity contribution in [3.8, 4) is 11.5 Å². The topological polar surface area (TPSA) is 18.5 Å². The van der Waals surface area contributed by atoms with E-state index < -0.39 is 0 Å². The van der Waals surface area contributed by atoms with Crippen LogP contribution in [0.15, 0.2) is 36.4 Å². The van der Waals surface area contributed by atoms with Gasteiger partial charge in [0.15, 0.2) is 11.6 Å². The van der Waals surface area contributed by atoms with Gasteiger partial charge in [0.05, 0.1) is 14.2 Å². The van der Waals surface area contributed by atoms with E-state index in [1.54, 1.807) is 19.2 Å². The minimum absolute atomic E-state index is 0.253. The van der Waals surface area contributed by atoms with Gasteiger partial charge < -0.3 is 9.47 Å². The molecule has 0 aliphatic rings. The molecule has 0 aliphatic heterocycles. The van der Waals surface area contributed by atoms with Gasteiger partial charge in [-0.15, -0.1) is 0 Å². The Morgan fingerprint density at radius 3 is 1.88 bits per heavy atom. The van der Waals surface area contributed by atoms with Gasteiger partial charge in [-0.25, -0.2) is 8.78 Å². The van der Waals surface area contributed by atoms with Crippen molar-refractivity contribution in [3.63, 3.8) is 0 Å². The van der Waals surface area contributed by atoms with E-state index in [4.69, 9.17) is 9.47 Å². The second-order valence-electron chi connectivity index (χ2n) is 6.06.